The van der Waals surface area contributed by atoms with Crippen LogP contribution in [-0.4, -0.2) is 27.3 Å². The number of nitrogens with zero attached hydrogens (tertiary/aromatic N) is 4. The SMILES string of the molecule is COc1cnc2c(Oc3ccc(Nc4nnc(-c5cc6ccccc6s5)c5ccccc45)cc3)ccnc2c1. The summed E-state index contributed by atoms with van der Waals surface area (Å²) in [6, 6.07) is 30.1. The highest BCUT2D eigenvalue weighted by molar-refractivity contribution is 7.22. The zero-order chi connectivity index (χ0) is 26.2. The molecule has 7 nitrogen and oxygen atoms in total. The number of pyridine rings is 2. The van der Waals surface area contributed by atoms with Crippen molar-refractivity contribution in [2.75, 3.05) is 12.4 Å². The van der Waals surface area contributed by atoms with Crippen molar-refractivity contribution in [1.29, 1.82) is 0 Å². The molecule has 0 atom stereocenters. The summed E-state index contributed by atoms with van der Waals surface area (Å²) in [6.07, 6.45) is 3.35. The van der Waals surface area contributed by atoms with Gasteiger partial charge in [0.25, 0.3) is 0 Å². The van der Waals surface area contributed by atoms with E-state index in [-0.39, 0.29) is 0 Å². The minimum atomic E-state index is 0.622. The van der Waals surface area contributed by atoms with E-state index in [0.717, 1.165) is 27.0 Å². The standard InChI is InChI=1S/C31H21N5O2S/c1-37-22-17-25-30(33-18-22)26(14-15-32-25)38-21-12-10-20(11-13-21)34-31-24-8-4-3-7-23(24)29(35-36-31)28-16-19-6-2-5-9-27(19)39-28/h2-18H,1H3,(H,34,36). The van der Waals surface area contributed by atoms with Crippen molar-refractivity contribution >= 4 is 54.7 Å². The van der Waals surface area contributed by atoms with E-state index in [1.807, 2.05) is 42.5 Å². The fraction of sp³-hybridized carbons (Fsp3) is 0.0323. The van der Waals surface area contributed by atoms with E-state index in [2.05, 4.69) is 67.9 Å². The number of ether oxygens (including phenoxy) is 2. The number of hydrogen-bond acceptors (Lipinski definition) is 8. The highest BCUT2D eigenvalue weighted by Crippen LogP contribution is 2.37. The molecule has 8 heteroatoms. The third kappa shape index (κ3) is 4.36. The Hall–Kier alpha value is -5.08. The van der Waals surface area contributed by atoms with Crippen LogP contribution >= 0.6 is 11.3 Å². The van der Waals surface area contributed by atoms with E-state index < -0.39 is 0 Å². The molecule has 0 unspecified atom stereocenters. The van der Waals surface area contributed by atoms with E-state index >= 15 is 0 Å². The van der Waals surface area contributed by atoms with Gasteiger partial charge in [0, 0.05) is 39.5 Å². The van der Waals surface area contributed by atoms with E-state index in [1.54, 1.807) is 36.9 Å². The third-order valence-electron chi connectivity index (χ3n) is 6.44. The molecule has 3 aromatic carbocycles. The summed E-state index contributed by atoms with van der Waals surface area (Å²) < 4.78 is 12.6. The van der Waals surface area contributed by atoms with Gasteiger partial charge in [0.2, 0.25) is 0 Å². The molecule has 0 aliphatic carbocycles. The number of anilines is 2. The van der Waals surface area contributed by atoms with E-state index in [0.29, 0.717) is 34.1 Å². The van der Waals surface area contributed by atoms with Crippen LogP contribution in [0.3, 0.4) is 0 Å². The Labute approximate surface area is 227 Å². The van der Waals surface area contributed by atoms with Crippen LogP contribution in [0.15, 0.2) is 103 Å². The highest BCUT2D eigenvalue weighted by Gasteiger charge is 2.14. The number of methoxy groups -OCH3 is 1. The molecule has 0 saturated carbocycles. The maximum absolute atomic E-state index is 6.13. The van der Waals surface area contributed by atoms with Crippen LogP contribution in [0.5, 0.6) is 17.2 Å². The molecule has 0 radical (unpaired) electrons. The summed E-state index contributed by atoms with van der Waals surface area (Å²) in [7, 11) is 1.60. The molecule has 0 aliphatic rings. The van der Waals surface area contributed by atoms with Crippen molar-refractivity contribution in [1.82, 2.24) is 20.2 Å². The van der Waals surface area contributed by atoms with Gasteiger partial charge in [0.05, 0.1) is 23.7 Å². The van der Waals surface area contributed by atoms with Crippen molar-refractivity contribution in [3.63, 3.8) is 0 Å². The minimum absolute atomic E-state index is 0.622. The van der Waals surface area contributed by atoms with Crippen LogP contribution in [-0.2, 0) is 0 Å². The van der Waals surface area contributed by atoms with Gasteiger partial charge in [-0.3, -0.25) is 4.98 Å². The Kier molecular flexibility index (Phi) is 5.71. The molecule has 4 aromatic heterocycles. The second-order valence-electron chi connectivity index (χ2n) is 8.89. The fourth-order valence-corrected chi connectivity index (χ4v) is 5.59. The Morgan fingerprint density at radius 2 is 1.59 bits per heavy atom. The number of aromatic nitrogens is 4. The van der Waals surface area contributed by atoms with Gasteiger partial charge in [-0.15, -0.1) is 21.5 Å². The maximum Gasteiger partial charge on any atom is 0.161 e. The smallest absolute Gasteiger partial charge is 0.161 e. The molecule has 39 heavy (non-hydrogen) atoms. The quantitative estimate of drug-likeness (QED) is 0.235. The van der Waals surface area contributed by atoms with E-state index in [9.17, 15) is 0 Å². The van der Waals surface area contributed by atoms with Gasteiger partial charge < -0.3 is 14.8 Å². The lowest BCUT2D eigenvalue weighted by atomic mass is 10.1. The average Bonchev–Trinajstić information content (AvgIpc) is 3.42. The first kappa shape index (κ1) is 23.1. The molecule has 0 amide bonds. The Balaban J connectivity index is 1.16. The van der Waals surface area contributed by atoms with Crippen molar-refractivity contribution in [3.05, 3.63) is 103 Å². The number of benzene rings is 3. The zero-order valence-electron chi connectivity index (χ0n) is 20.8. The summed E-state index contributed by atoms with van der Waals surface area (Å²) in [6.45, 7) is 0. The summed E-state index contributed by atoms with van der Waals surface area (Å²) in [5.74, 6) is 2.65. The molecule has 7 aromatic rings. The predicted octanol–water partition coefficient (Wildman–Crippen LogP) is 8.00. The number of fused-ring (bicyclic) bond motifs is 3. The Morgan fingerprint density at radius 3 is 2.44 bits per heavy atom. The molecule has 1 N–H and O–H groups in total. The third-order valence-corrected chi connectivity index (χ3v) is 7.57. The second kappa shape index (κ2) is 9.66. The monoisotopic (exact) mass is 527 g/mol. The van der Waals surface area contributed by atoms with Gasteiger partial charge in [0.1, 0.15) is 22.7 Å². The summed E-state index contributed by atoms with van der Waals surface area (Å²) in [5.41, 5.74) is 3.13. The van der Waals surface area contributed by atoms with Crippen molar-refractivity contribution in [2.24, 2.45) is 0 Å². The van der Waals surface area contributed by atoms with Crippen LogP contribution in [0.1, 0.15) is 0 Å². The first-order chi connectivity index (χ1) is 19.2. The van der Waals surface area contributed by atoms with Crippen LogP contribution in [0, 0.1) is 0 Å². The van der Waals surface area contributed by atoms with Gasteiger partial charge in [-0.25, -0.2) is 4.98 Å². The van der Waals surface area contributed by atoms with E-state index in [4.69, 9.17) is 9.47 Å². The molecule has 0 aliphatic heterocycles. The molecule has 0 bridgehead atoms. The summed E-state index contributed by atoms with van der Waals surface area (Å²) >= 11 is 1.73. The second-order valence-corrected chi connectivity index (χ2v) is 9.98. The lowest BCUT2D eigenvalue weighted by Gasteiger charge is -2.12. The number of hydrogen-bond donors (Lipinski definition) is 1. The number of rotatable bonds is 6. The van der Waals surface area contributed by atoms with Crippen molar-refractivity contribution < 1.29 is 9.47 Å². The van der Waals surface area contributed by atoms with Gasteiger partial charge in [0.15, 0.2) is 11.6 Å². The van der Waals surface area contributed by atoms with Crippen LogP contribution in [0.2, 0.25) is 0 Å². The molecular weight excluding hydrogens is 506 g/mol. The molecular formula is C31H21N5O2S. The van der Waals surface area contributed by atoms with Crippen molar-refractivity contribution in [3.8, 4) is 27.8 Å². The Morgan fingerprint density at radius 1 is 0.769 bits per heavy atom. The highest BCUT2D eigenvalue weighted by atomic mass is 32.1. The van der Waals surface area contributed by atoms with Crippen LogP contribution in [0.25, 0.3) is 42.5 Å². The molecule has 0 spiro atoms. The lowest BCUT2D eigenvalue weighted by Crippen LogP contribution is -1.99. The Bertz CT molecular complexity index is 1940. The van der Waals surface area contributed by atoms with Gasteiger partial charge in [-0.1, -0.05) is 42.5 Å². The predicted molar refractivity (Wildman–Crippen MR) is 156 cm³/mol. The topological polar surface area (TPSA) is 82.0 Å². The number of nitrogens with one attached hydrogen (secondary N) is 1. The van der Waals surface area contributed by atoms with E-state index in [1.165, 1.54) is 10.1 Å². The fourth-order valence-electron chi connectivity index (χ4n) is 4.53. The molecule has 4 heterocycles. The normalized spacial score (nSPS) is 11.2. The molecule has 188 valence electrons. The molecule has 0 saturated heterocycles. The minimum Gasteiger partial charge on any atom is -0.495 e. The zero-order valence-corrected chi connectivity index (χ0v) is 21.6. The van der Waals surface area contributed by atoms with Crippen LogP contribution in [0.4, 0.5) is 11.5 Å². The average molecular weight is 528 g/mol. The molecule has 7 rings (SSSR count). The maximum atomic E-state index is 6.13. The van der Waals surface area contributed by atoms with Crippen molar-refractivity contribution in [2.45, 2.75) is 0 Å². The van der Waals surface area contributed by atoms with Gasteiger partial charge >= 0.3 is 0 Å². The number of thiophene rings is 1. The summed E-state index contributed by atoms with van der Waals surface area (Å²) in [5, 5.41) is 15.9. The first-order valence-electron chi connectivity index (χ1n) is 12.3. The van der Waals surface area contributed by atoms with Gasteiger partial charge in [-0.2, -0.15) is 0 Å². The summed E-state index contributed by atoms with van der Waals surface area (Å²) in [4.78, 5) is 9.92. The first-order valence-corrected chi connectivity index (χ1v) is 13.1. The molecule has 0 fully saturated rings. The lowest BCUT2D eigenvalue weighted by molar-refractivity contribution is 0.413. The van der Waals surface area contributed by atoms with Gasteiger partial charge in [-0.05, 0) is 41.8 Å². The van der Waals surface area contributed by atoms with Crippen LogP contribution < -0.4 is 14.8 Å². The largest absolute Gasteiger partial charge is 0.495 e.